The van der Waals surface area contributed by atoms with Crippen LogP contribution in [0, 0.1) is 0 Å². The number of piperazine rings is 1. The quantitative estimate of drug-likeness (QED) is 0.740. The maximum Gasteiger partial charge on any atom is 0.316 e. The van der Waals surface area contributed by atoms with Crippen molar-refractivity contribution in [1.82, 2.24) is 23.5 Å². The second-order valence-electron chi connectivity index (χ2n) is 6.12. The van der Waals surface area contributed by atoms with Crippen molar-refractivity contribution in [2.45, 2.75) is 19.3 Å². The molecule has 10 heteroatoms. The van der Waals surface area contributed by atoms with Gasteiger partial charge >= 0.3 is 6.01 Å². The maximum absolute atomic E-state index is 12.7. The van der Waals surface area contributed by atoms with Crippen LogP contribution in [0.25, 0.3) is 0 Å². The van der Waals surface area contributed by atoms with E-state index < -0.39 is 10.2 Å². The highest BCUT2D eigenvalue weighted by Crippen LogP contribution is 2.18. The molecule has 2 fully saturated rings. The van der Waals surface area contributed by atoms with Crippen LogP contribution < -0.4 is 4.74 Å². The summed E-state index contributed by atoms with van der Waals surface area (Å²) >= 11 is 0. The van der Waals surface area contributed by atoms with E-state index in [-0.39, 0.29) is 11.9 Å². The van der Waals surface area contributed by atoms with Gasteiger partial charge in [-0.2, -0.15) is 17.0 Å². The number of hydrogen-bond acceptors (Lipinski definition) is 6. The van der Waals surface area contributed by atoms with Gasteiger partial charge in [0.2, 0.25) is 0 Å². The average Bonchev–Trinajstić information content (AvgIpc) is 2.68. The Morgan fingerprint density at radius 1 is 0.960 bits per heavy atom. The molecule has 0 unspecified atom stereocenters. The number of carbonyl (C=O) groups is 1. The summed E-state index contributed by atoms with van der Waals surface area (Å²) < 4.78 is 33.3. The first-order valence-electron chi connectivity index (χ1n) is 8.43. The molecule has 2 saturated heterocycles. The van der Waals surface area contributed by atoms with Crippen molar-refractivity contribution in [3.05, 3.63) is 18.0 Å². The monoisotopic (exact) mass is 369 g/mol. The van der Waals surface area contributed by atoms with E-state index in [9.17, 15) is 13.2 Å². The third-order valence-electron chi connectivity index (χ3n) is 4.55. The maximum atomic E-state index is 12.7. The van der Waals surface area contributed by atoms with E-state index in [1.165, 1.54) is 23.8 Å². The molecule has 0 radical (unpaired) electrons. The van der Waals surface area contributed by atoms with E-state index >= 15 is 0 Å². The number of rotatable bonds is 4. The predicted molar refractivity (Wildman–Crippen MR) is 90.4 cm³/mol. The average molecular weight is 369 g/mol. The number of amides is 1. The van der Waals surface area contributed by atoms with E-state index in [0.29, 0.717) is 44.8 Å². The fraction of sp³-hybridized carbons (Fsp3) is 0.667. The third-order valence-corrected chi connectivity index (χ3v) is 6.59. The molecule has 0 aliphatic carbocycles. The Labute approximate surface area is 147 Å². The van der Waals surface area contributed by atoms with Crippen molar-refractivity contribution in [3.63, 3.8) is 0 Å². The molecule has 0 aromatic carbocycles. The molecule has 3 rings (SSSR count). The molecule has 0 bridgehead atoms. The summed E-state index contributed by atoms with van der Waals surface area (Å²) in [6.45, 7) is 2.51. The zero-order chi connectivity index (χ0) is 17.9. The first-order valence-corrected chi connectivity index (χ1v) is 9.82. The first-order chi connectivity index (χ1) is 12.0. The van der Waals surface area contributed by atoms with Crippen LogP contribution in [0.1, 0.15) is 29.6 Å². The smallest absolute Gasteiger partial charge is 0.316 e. The molecule has 0 saturated carbocycles. The number of hydrogen-bond donors (Lipinski definition) is 0. The van der Waals surface area contributed by atoms with Gasteiger partial charge < -0.3 is 9.64 Å². The number of ether oxygens (including phenoxy) is 1. The van der Waals surface area contributed by atoms with Crippen molar-refractivity contribution >= 4 is 16.1 Å². The van der Waals surface area contributed by atoms with Gasteiger partial charge in [-0.1, -0.05) is 6.42 Å². The highest BCUT2D eigenvalue weighted by atomic mass is 32.2. The van der Waals surface area contributed by atoms with Crippen LogP contribution in [0.2, 0.25) is 0 Å². The molecule has 1 aromatic rings. The van der Waals surface area contributed by atoms with Crippen LogP contribution in [0.5, 0.6) is 6.01 Å². The summed E-state index contributed by atoms with van der Waals surface area (Å²) in [6, 6.07) is 0.203. The SMILES string of the molecule is COc1ncc(C(=O)N2CCN(S(=O)(=O)N3CCCCC3)CC2)cn1. The molecular formula is C15H23N5O4S. The molecular weight excluding hydrogens is 346 g/mol. The fourth-order valence-electron chi connectivity index (χ4n) is 3.10. The molecule has 2 aliphatic heterocycles. The summed E-state index contributed by atoms with van der Waals surface area (Å²) in [6.07, 6.45) is 5.75. The molecule has 2 aliphatic rings. The van der Waals surface area contributed by atoms with Crippen LogP contribution >= 0.6 is 0 Å². The van der Waals surface area contributed by atoms with E-state index in [2.05, 4.69) is 9.97 Å². The molecule has 0 atom stereocenters. The largest absolute Gasteiger partial charge is 0.467 e. The van der Waals surface area contributed by atoms with Crippen molar-refractivity contribution in [2.75, 3.05) is 46.4 Å². The first kappa shape index (κ1) is 18.0. The van der Waals surface area contributed by atoms with E-state index in [1.54, 1.807) is 9.21 Å². The van der Waals surface area contributed by atoms with Crippen molar-refractivity contribution in [1.29, 1.82) is 0 Å². The Morgan fingerprint density at radius 3 is 2.08 bits per heavy atom. The minimum absolute atomic E-state index is 0.197. The number of aromatic nitrogens is 2. The van der Waals surface area contributed by atoms with Crippen LogP contribution in [0.4, 0.5) is 0 Å². The van der Waals surface area contributed by atoms with Gasteiger partial charge in [-0.15, -0.1) is 0 Å². The zero-order valence-electron chi connectivity index (χ0n) is 14.3. The molecule has 25 heavy (non-hydrogen) atoms. The van der Waals surface area contributed by atoms with Crippen LogP contribution in [-0.2, 0) is 10.2 Å². The van der Waals surface area contributed by atoms with E-state index in [0.717, 1.165) is 19.3 Å². The Morgan fingerprint density at radius 2 is 1.52 bits per heavy atom. The Kier molecular flexibility index (Phi) is 5.50. The summed E-state index contributed by atoms with van der Waals surface area (Å²) in [7, 11) is -1.96. The Hall–Kier alpha value is -1.78. The normalized spacial score (nSPS) is 20.4. The predicted octanol–water partition coefficient (Wildman–Crippen LogP) is -0.0263. The van der Waals surface area contributed by atoms with Gasteiger partial charge in [-0.3, -0.25) is 4.79 Å². The molecule has 138 valence electrons. The number of methoxy groups -OCH3 is 1. The molecule has 0 spiro atoms. The lowest BCUT2D eigenvalue weighted by Crippen LogP contribution is -2.54. The fourth-order valence-corrected chi connectivity index (χ4v) is 4.77. The summed E-state index contributed by atoms with van der Waals surface area (Å²) in [5, 5.41) is 0. The highest BCUT2D eigenvalue weighted by Gasteiger charge is 2.34. The lowest BCUT2D eigenvalue weighted by molar-refractivity contribution is 0.0692. The second kappa shape index (κ2) is 7.63. The third kappa shape index (κ3) is 3.91. The van der Waals surface area contributed by atoms with E-state index in [4.69, 9.17) is 4.74 Å². The van der Waals surface area contributed by atoms with Gasteiger partial charge in [-0.05, 0) is 12.8 Å². The van der Waals surface area contributed by atoms with E-state index in [1.807, 2.05) is 0 Å². The van der Waals surface area contributed by atoms with Crippen LogP contribution in [-0.4, -0.2) is 84.2 Å². The minimum Gasteiger partial charge on any atom is -0.467 e. The summed E-state index contributed by atoms with van der Waals surface area (Å²) in [4.78, 5) is 22.0. The van der Waals surface area contributed by atoms with Gasteiger partial charge in [0.1, 0.15) is 0 Å². The van der Waals surface area contributed by atoms with Crippen molar-refractivity contribution in [2.24, 2.45) is 0 Å². The lowest BCUT2D eigenvalue weighted by atomic mass is 10.2. The van der Waals surface area contributed by atoms with Crippen molar-refractivity contribution < 1.29 is 17.9 Å². The topological polar surface area (TPSA) is 95.9 Å². The van der Waals surface area contributed by atoms with Gasteiger partial charge in [0.25, 0.3) is 16.1 Å². The zero-order valence-corrected chi connectivity index (χ0v) is 15.1. The molecule has 0 N–H and O–H groups in total. The lowest BCUT2D eigenvalue weighted by Gasteiger charge is -2.37. The Bertz CT molecular complexity index is 695. The van der Waals surface area contributed by atoms with Gasteiger partial charge in [0.05, 0.1) is 12.7 Å². The van der Waals surface area contributed by atoms with Gasteiger partial charge in [0, 0.05) is 51.7 Å². The molecule has 3 heterocycles. The molecule has 1 aromatic heterocycles. The van der Waals surface area contributed by atoms with Crippen LogP contribution in [0.15, 0.2) is 12.4 Å². The number of carbonyl (C=O) groups excluding carboxylic acids is 1. The standard InChI is InChI=1S/C15H23N5O4S/c1-24-15-16-11-13(12-17-15)14(21)18-7-9-20(10-8-18)25(22,23)19-5-3-2-4-6-19/h11-12H,2-10H2,1H3. The van der Waals surface area contributed by atoms with Gasteiger partial charge in [0.15, 0.2) is 0 Å². The van der Waals surface area contributed by atoms with Gasteiger partial charge in [-0.25, -0.2) is 9.97 Å². The summed E-state index contributed by atoms with van der Waals surface area (Å²) in [5.74, 6) is -0.197. The number of nitrogens with zero attached hydrogens (tertiary/aromatic N) is 5. The number of piperidine rings is 1. The summed E-state index contributed by atoms with van der Waals surface area (Å²) in [5.41, 5.74) is 0.369. The second-order valence-corrected chi connectivity index (χ2v) is 8.05. The highest BCUT2D eigenvalue weighted by molar-refractivity contribution is 7.86. The Balaban J connectivity index is 1.60. The van der Waals surface area contributed by atoms with Crippen LogP contribution in [0.3, 0.4) is 0 Å². The molecule has 1 amide bonds. The molecule has 9 nitrogen and oxygen atoms in total. The van der Waals surface area contributed by atoms with Crippen molar-refractivity contribution in [3.8, 4) is 6.01 Å². The minimum atomic E-state index is -3.42.